The molecule has 0 unspecified atom stereocenters. The van der Waals surface area contributed by atoms with Crippen LogP contribution in [-0.4, -0.2) is 11.6 Å². The number of allylic oxidation sites excluding steroid dienone is 4. The molecule has 136 valence electrons. The second-order valence-electron chi connectivity index (χ2n) is 7.05. The topological polar surface area (TPSA) is 34.1 Å². The molecule has 24 heavy (non-hydrogen) atoms. The fourth-order valence-corrected chi connectivity index (χ4v) is 3.36. The molecule has 1 aliphatic rings. The Bertz CT molecular complexity index is 403. The molecule has 0 aromatic rings. The summed E-state index contributed by atoms with van der Waals surface area (Å²) in [6.45, 7) is 4.44. The number of carbonyl (C=O) groups is 2. The summed E-state index contributed by atoms with van der Waals surface area (Å²) in [6.07, 6.45) is 19.1. The molecule has 2 nitrogen and oxygen atoms in total. The summed E-state index contributed by atoms with van der Waals surface area (Å²) >= 11 is 0. The SMILES string of the molecule is CCCCCCCCC1=C(CCCCCCCC)C(=O)C=CC1=O. The number of carbonyl (C=O) groups excluding carboxylic acids is 2. The number of hydrogen-bond acceptors (Lipinski definition) is 2. The number of hydrogen-bond donors (Lipinski definition) is 0. The van der Waals surface area contributed by atoms with Gasteiger partial charge in [-0.15, -0.1) is 0 Å². The molecular weight excluding hydrogens is 296 g/mol. The molecule has 1 aliphatic carbocycles. The van der Waals surface area contributed by atoms with E-state index in [1.54, 1.807) is 0 Å². The second-order valence-corrected chi connectivity index (χ2v) is 7.05. The van der Waals surface area contributed by atoms with Gasteiger partial charge >= 0.3 is 0 Å². The maximum absolute atomic E-state index is 12.2. The highest BCUT2D eigenvalue weighted by Gasteiger charge is 2.21. The van der Waals surface area contributed by atoms with Crippen LogP contribution in [0.25, 0.3) is 0 Å². The Hall–Kier alpha value is -1.18. The van der Waals surface area contributed by atoms with Crippen molar-refractivity contribution < 1.29 is 9.59 Å². The summed E-state index contributed by atoms with van der Waals surface area (Å²) in [4.78, 5) is 24.4. The number of ketones is 2. The fourth-order valence-electron chi connectivity index (χ4n) is 3.36. The van der Waals surface area contributed by atoms with Gasteiger partial charge in [0.25, 0.3) is 0 Å². The molecule has 0 atom stereocenters. The minimum atomic E-state index is 0.0733. The first-order chi connectivity index (χ1) is 11.7. The zero-order chi connectivity index (χ0) is 17.6. The molecule has 0 heterocycles. The minimum absolute atomic E-state index is 0.0733. The minimum Gasteiger partial charge on any atom is -0.290 e. The standard InChI is InChI=1S/C22H36O2/c1-3-5-7-9-11-13-15-19-20(22(24)18-17-21(19)23)16-14-12-10-8-6-4-2/h17-18H,3-16H2,1-2H3. The largest absolute Gasteiger partial charge is 0.290 e. The lowest BCUT2D eigenvalue weighted by molar-refractivity contribution is -0.115. The van der Waals surface area contributed by atoms with Crippen molar-refractivity contribution in [2.24, 2.45) is 0 Å². The smallest absolute Gasteiger partial charge is 0.182 e. The van der Waals surface area contributed by atoms with Crippen molar-refractivity contribution in [3.63, 3.8) is 0 Å². The Morgan fingerprint density at radius 2 is 0.875 bits per heavy atom. The Morgan fingerprint density at radius 3 is 1.25 bits per heavy atom. The van der Waals surface area contributed by atoms with E-state index in [0.29, 0.717) is 0 Å². The number of rotatable bonds is 14. The van der Waals surface area contributed by atoms with E-state index in [4.69, 9.17) is 0 Å². The van der Waals surface area contributed by atoms with Crippen LogP contribution in [0.5, 0.6) is 0 Å². The highest BCUT2D eigenvalue weighted by Crippen LogP contribution is 2.25. The van der Waals surface area contributed by atoms with Crippen molar-refractivity contribution >= 4 is 11.6 Å². The predicted octanol–water partition coefficient (Wildman–Crippen LogP) is 6.49. The molecular formula is C22H36O2. The molecule has 0 bridgehead atoms. The molecule has 0 aliphatic heterocycles. The van der Waals surface area contributed by atoms with Crippen LogP contribution in [-0.2, 0) is 9.59 Å². The average molecular weight is 333 g/mol. The number of unbranched alkanes of at least 4 members (excludes halogenated alkanes) is 10. The van der Waals surface area contributed by atoms with E-state index in [2.05, 4.69) is 13.8 Å². The summed E-state index contributed by atoms with van der Waals surface area (Å²) < 4.78 is 0. The molecule has 0 N–H and O–H groups in total. The van der Waals surface area contributed by atoms with Crippen molar-refractivity contribution in [3.8, 4) is 0 Å². The van der Waals surface area contributed by atoms with Gasteiger partial charge in [-0.2, -0.15) is 0 Å². The Balaban J connectivity index is 2.43. The molecule has 0 saturated carbocycles. The molecule has 1 rings (SSSR count). The lowest BCUT2D eigenvalue weighted by Crippen LogP contribution is -2.15. The van der Waals surface area contributed by atoms with Gasteiger partial charge in [-0.05, 0) is 37.8 Å². The van der Waals surface area contributed by atoms with E-state index in [1.807, 2.05) is 0 Å². The maximum atomic E-state index is 12.2. The van der Waals surface area contributed by atoms with Crippen molar-refractivity contribution in [1.29, 1.82) is 0 Å². The molecule has 0 amide bonds. The highest BCUT2D eigenvalue weighted by molar-refractivity contribution is 6.20. The summed E-state index contributed by atoms with van der Waals surface area (Å²) in [5.41, 5.74) is 1.62. The van der Waals surface area contributed by atoms with Crippen LogP contribution in [0.4, 0.5) is 0 Å². The van der Waals surface area contributed by atoms with Crippen molar-refractivity contribution in [1.82, 2.24) is 0 Å². The Morgan fingerprint density at radius 1 is 0.542 bits per heavy atom. The van der Waals surface area contributed by atoms with Gasteiger partial charge in [0, 0.05) is 11.1 Å². The summed E-state index contributed by atoms with van der Waals surface area (Å²) in [7, 11) is 0. The van der Waals surface area contributed by atoms with Crippen LogP contribution in [0, 0.1) is 0 Å². The third kappa shape index (κ3) is 8.08. The molecule has 0 aromatic heterocycles. The fraction of sp³-hybridized carbons (Fsp3) is 0.727. The van der Waals surface area contributed by atoms with Gasteiger partial charge in [-0.3, -0.25) is 9.59 Å². The predicted molar refractivity (Wildman–Crippen MR) is 102 cm³/mol. The third-order valence-corrected chi connectivity index (χ3v) is 4.91. The van der Waals surface area contributed by atoms with E-state index in [0.717, 1.165) is 36.8 Å². The first kappa shape index (κ1) is 20.9. The van der Waals surface area contributed by atoms with Gasteiger partial charge in [0.15, 0.2) is 11.6 Å². The quantitative estimate of drug-likeness (QED) is 0.269. The van der Waals surface area contributed by atoms with Gasteiger partial charge in [0.2, 0.25) is 0 Å². The van der Waals surface area contributed by atoms with E-state index in [9.17, 15) is 9.59 Å². The van der Waals surface area contributed by atoms with Crippen LogP contribution in [0.3, 0.4) is 0 Å². The molecule has 0 fully saturated rings. The average Bonchev–Trinajstić information content (AvgIpc) is 2.58. The normalized spacial score (nSPS) is 14.8. The van der Waals surface area contributed by atoms with Crippen LogP contribution < -0.4 is 0 Å². The van der Waals surface area contributed by atoms with E-state index >= 15 is 0 Å². The van der Waals surface area contributed by atoms with Crippen molar-refractivity contribution in [2.75, 3.05) is 0 Å². The highest BCUT2D eigenvalue weighted by atomic mass is 16.1. The zero-order valence-corrected chi connectivity index (χ0v) is 15.9. The van der Waals surface area contributed by atoms with E-state index in [1.165, 1.54) is 76.4 Å². The van der Waals surface area contributed by atoms with Gasteiger partial charge in [-0.1, -0.05) is 78.1 Å². The molecule has 2 heteroatoms. The van der Waals surface area contributed by atoms with E-state index < -0.39 is 0 Å². The zero-order valence-electron chi connectivity index (χ0n) is 15.9. The van der Waals surface area contributed by atoms with Crippen LogP contribution in [0.2, 0.25) is 0 Å². The first-order valence-corrected chi connectivity index (χ1v) is 10.2. The second kappa shape index (κ2) is 13.1. The van der Waals surface area contributed by atoms with Gasteiger partial charge in [0.1, 0.15) is 0 Å². The summed E-state index contributed by atoms with van der Waals surface area (Å²) in [5.74, 6) is 0.147. The lowest BCUT2D eigenvalue weighted by Gasteiger charge is -2.15. The maximum Gasteiger partial charge on any atom is 0.182 e. The Labute approximate surface area is 148 Å². The van der Waals surface area contributed by atoms with Crippen LogP contribution in [0.15, 0.2) is 23.3 Å². The molecule has 0 aromatic carbocycles. The molecule has 0 radical (unpaired) electrons. The lowest BCUT2D eigenvalue weighted by atomic mass is 9.88. The van der Waals surface area contributed by atoms with Gasteiger partial charge in [-0.25, -0.2) is 0 Å². The summed E-state index contributed by atoms with van der Waals surface area (Å²) in [6, 6.07) is 0. The van der Waals surface area contributed by atoms with Crippen molar-refractivity contribution in [2.45, 2.75) is 104 Å². The van der Waals surface area contributed by atoms with Gasteiger partial charge in [0.05, 0.1) is 0 Å². The van der Waals surface area contributed by atoms with Crippen LogP contribution >= 0.6 is 0 Å². The van der Waals surface area contributed by atoms with Gasteiger partial charge < -0.3 is 0 Å². The molecule has 0 saturated heterocycles. The molecule has 0 spiro atoms. The third-order valence-electron chi connectivity index (χ3n) is 4.91. The first-order valence-electron chi connectivity index (χ1n) is 10.2. The Kier molecular flexibility index (Phi) is 11.4. The van der Waals surface area contributed by atoms with E-state index in [-0.39, 0.29) is 11.6 Å². The monoisotopic (exact) mass is 332 g/mol. The summed E-state index contributed by atoms with van der Waals surface area (Å²) in [5, 5.41) is 0. The van der Waals surface area contributed by atoms with Crippen LogP contribution in [0.1, 0.15) is 104 Å². The van der Waals surface area contributed by atoms with Crippen molar-refractivity contribution in [3.05, 3.63) is 23.3 Å².